The molecule has 0 aliphatic heterocycles. The highest BCUT2D eigenvalue weighted by atomic mass is 35.5. The third kappa shape index (κ3) is 5.11. The number of aromatic hydroxyl groups is 1. The summed E-state index contributed by atoms with van der Waals surface area (Å²) in [6.45, 7) is 2.79. The number of phenolic OH excluding ortho intramolecular Hbond substituents is 1. The van der Waals surface area contributed by atoms with E-state index in [4.69, 9.17) is 16.3 Å². The number of halogens is 1. The van der Waals surface area contributed by atoms with Gasteiger partial charge >= 0.3 is 0 Å². The average molecular weight is 350 g/mol. The van der Waals surface area contributed by atoms with Gasteiger partial charge in [-0.2, -0.15) is 0 Å². The molecule has 0 aliphatic rings. The van der Waals surface area contributed by atoms with Crippen molar-refractivity contribution in [2.75, 3.05) is 25.5 Å². The van der Waals surface area contributed by atoms with Crippen molar-refractivity contribution in [1.82, 2.24) is 9.88 Å². The molecule has 6 nitrogen and oxygen atoms in total. The molecule has 1 aromatic heterocycles. The van der Waals surface area contributed by atoms with Gasteiger partial charge in [-0.15, -0.1) is 0 Å². The van der Waals surface area contributed by atoms with Crippen molar-refractivity contribution in [2.24, 2.45) is 0 Å². The van der Waals surface area contributed by atoms with Crippen LogP contribution in [0.5, 0.6) is 11.5 Å². The van der Waals surface area contributed by atoms with Crippen molar-refractivity contribution in [1.29, 1.82) is 0 Å². The molecule has 1 atom stereocenters. The molecule has 0 spiro atoms. The highest BCUT2D eigenvalue weighted by molar-refractivity contribution is 6.32. The van der Waals surface area contributed by atoms with Gasteiger partial charge in [-0.25, -0.2) is 4.98 Å². The van der Waals surface area contributed by atoms with Crippen LogP contribution in [-0.4, -0.2) is 47.1 Å². The lowest BCUT2D eigenvalue weighted by molar-refractivity contribution is -0.120. The predicted molar refractivity (Wildman–Crippen MR) is 93.6 cm³/mol. The summed E-state index contributed by atoms with van der Waals surface area (Å²) in [6, 6.07) is 9.56. The number of anilines is 1. The SMILES string of the molecule is C[C@H](C(=O)Nc1cccnc1Cl)N(C)CCOc1ccc(O)cc1. The first-order valence-corrected chi connectivity index (χ1v) is 7.88. The molecule has 0 radical (unpaired) electrons. The van der Waals surface area contributed by atoms with E-state index >= 15 is 0 Å². The second kappa shape index (κ2) is 8.52. The van der Waals surface area contributed by atoms with E-state index < -0.39 is 0 Å². The van der Waals surface area contributed by atoms with Gasteiger partial charge in [0, 0.05) is 12.7 Å². The van der Waals surface area contributed by atoms with Gasteiger partial charge in [0.25, 0.3) is 0 Å². The third-order valence-corrected chi connectivity index (χ3v) is 3.91. The van der Waals surface area contributed by atoms with Crippen LogP contribution in [0.2, 0.25) is 5.15 Å². The van der Waals surface area contributed by atoms with Crippen molar-refractivity contribution in [2.45, 2.75) is 13.0 Å². The standard InChI is InChI=1S/C17H20ClN3O3/c1-12(17(23)20-15-4-3-9-19-16(15)18)21(2)10-11-24-14-7-5-13(22)6-8-14/h3-9,12,22H,10-11H2,1-2H3,(H,20,23)/t12-/m1/s1. The van der Waals surface area contributed by atoms with Gasteiger partial charge in [-0.1, -0.05) is 11.6 Å². The van der Waals surface area contributed by atoms with E-state index in [0.29, 0.717) is 24.6 Å². The zero-order valence-electron chi connectivity index (χ0n) is 13.6. The van der Waals surface area contributed by atoms with Crippen LogP contribution in [-0.2, 0) is 4.79 Å². The molecule has 0 aliphatic carbocycles. The average Bonchev–Trinajstić information content (AvgIpc) is 2.58. The fraction of sp³-hybridized carbons (Fsp3) is 0.294. The molecule has 1 amide bonds. The van der Waals surface area contributed by atoms with Crippen LogP contribution in [0.4, 0.5) is 5.69 Å². The number of phenols is 1. The maximum Gasteiger partial charge on any atom is 0.241 e. The Kier molecular flexibility index (Phi) is 6.40. The molecule has 0 saturated carbocycles. The zero-order chi connectivity index (χ0) is 17.5. The van der Waals surface area contributed by atoms with E-state index in [9.17, 15) is 9.90 Å². The summed E-state index contributed by atoms with van der Waals surface area (Å²) in [4.78, 5) is 18.1. The predicted octanol–water partition coefficient (Wildman–Crippen LogP) is 2.78. The van der Waals surface area contributed by atoms with Crippen LogP contribution in [0.3, 0.4) is 0 Å². The van der Waals surface area contributed by atoms with Crippen LogP contribution in [0.25, 0.3) is 0 Å². The third-order valence-electron chi connectivity index (χ3n) is 3.61. The molecule has 1 heterocycles. The molecular formula is C17H20ClN3O3. The van der Waals surface area contributed by atoms with Crippen LogP contribution < -0.4 is 10.1 Å². The molecule has 7 heteroatoms. The first kappa shape index (κ1) is 18.0. The van der Waals surface area contributed by atoms with E-state index in [0.717, 1.165) is 0 Å². The summed E-state index contributed by atoms with van der Waals surface area (Å²) >= 11 is 5.94. The number of carbonyl (C=O) groups is 1. The molecule has 0 fully saturated rings. The van der Waals surface area contributed by atoms with Gasteiger partial charge in [0.1, 0.15) is 18.1 Å². The fourth-order valence-electron chi connectivity index (χ4n) is 1.96. The Morgan fingerprint density at radius 1 is 1.38 bits per heavy atom. The Hall–Kier alpha value is -2.31. The van der Waals surface area contributed by atoms with Crippen LogP contribution in [0.1, 0.15) is 6.92 Å². The number of aromatic nitrogens is 1. The molecule has 0 bridgehead atoms. The van der Waals surface area contributed by atoms with Gasteiger partial charge in [0.05, 0.1) is 11.7 Å². The number of benzene rings is 1. The van der Waals surface area contributed by atoms with Gasteiger partial charge in [-0.3, -0.25) is 9.69 Å². The number of amides is 1. The maximum absolute atomic E-state index is 12.3. The van der Waals surface area contributed by atoms with Crippen LogP contribution in [0.15, 0.2) is 42.6 Å². The Labute approximate surface area is 146 Å². The van der Waals surface area contributed by atoms with Gasteiger partial charge < -0.3 is 15.2 Å². The minimum atomic E-state index is -0.357. The van der Waals surface area contributed by atoms with Crippen LogP contribution >= 0.6 is 11.6 Å². The molecule has 0 unspecified atom stereocenters. The molecule has 2 N–H and O–H groups in total. The van der Waals surface area contributed by atoms with Crippen molar-refractivity contribution < 1.29 is 14.6 Å². The van der Waals surface area contributed by atoms with Crippen molar-refractivity contribution in [3.8, 4) is 11.5 Å². The van der Waals surface area contributed by atoms with Crippen molar-refractivity contribution >= 4 is 23.2 Å². The van der Waals surface area contributed by atoms with Crippen molar-refractivity contribution in [3.05, 3.63) is 47.7 Å². The van der Waals surface area contributed by atoms with E-state index in [-0.39, 0.29) is 22.9 Å². The number of hydrogen-bond donors (Lipinski definition) is 2. The van der Waals surface area contributed by atoms with E-state index in [1.165, 1.54) is 0 Å². The lowest BCUT2D eigenvalue weighted by atomic mass is 10.2. The number of rotatable bonds is 7. The molecule has 24 heavy (non-hydrogen) atoms. The minimum Gasteiger partial charge on any atom is -0.508 e. The topological polar surface area (TPSA) is 74.7 Å². The van der Waals surface area contributed by atoms with Gasteiger partial charge in [0.2, 0.25) is 5.91 Å². The first-order chi connectivity index (χ1) is 11.5. The Morgan fingerprint density at radius 3 is 2.75 bits per heavy atom. The van der Waals surface area contributed by atoms with E-state index in [1.54, 1.807) is 49.5 Å². The molecule has 1 aromatic carbocycles. The molecule has 128 valence electrons. The summed E-state index contributed by atoms with van der Waals surface area (Å²) in [6.07, 6.45) is 1.56. The number of pyridine rings is 1. The largest absolute Gasteiger partial charge is 0.508 e. The normalized spacial score (nSPS) is 12.0. The van der Waals surface area contributed by atoms with Gasteiger partial charge in [0.15, 0.2) is 5.15 Å². The second-order valence-electron chi connectivity index (χ2n) is 5.33. The zero-order valence-corrected chi connectivity index (χ0v) is 14.3. The summed E-state index contributed by atoms with van der Waals surface area (Å²) < 4.78 is 5.58. The molecular weight excluding hydrogens is 330 g/mol. The number of nitrogens with zero attached hydrogens (tertiary/aromatic N) is 2. The van der Waals surface area contributed by atoms with E-state index in [1.807, 2.05) is 11.9 Å². The number of nitrogens with one attached hydrogen (secondary N) is 1. The summed E-state index contributed by atoms with van der Waals surface area (Å²) in [5.41, 5.74) is 0.491. The summed E-state index contributed by atoms with van der Waals surface area (Å²) in [5.74, 6) is 0.691. The lowest BCUT2D eigenvalue weighted by Gasteiger charge is -2.24. The number of likely N-dealkylation sites (N-methyl/N-ethyl adjacent to an activating group) is 1. The Bertz CT molecular complexity index is 679. The lowest BCUT2D eigenvalue weighted by Crippen LogP contribution is -2.41. The quantitative estimate of drug-likeness (QED) is 0.752. The fourth-order valence-corrected chi connectivity index (χ4v) is 2.13. The molecule has 0 saturated heterocycles. The summed E-state index contributed by atoms with van der Waals surface area (Å²) in [5, 5.41) is 12.2. The number of ether oxygens (including phenoxy) is 1. The Balaban J connectivity index is 1.80. The van der Waals surface area contributed by atoms with Crippen LogP contribution in [0, 0.1) is 0 Å². The molecule has 2 aromatic rings. The molecule has 2 rings (SSSR count). The summed E-state index contributed by atoms with van der Waals surface area (Å²) in [7, 11) is 1.84. The maximum atomic E-state index is 12.3. The van der Waals surface area contributed by atoms with Crippen molar-refractivity contribution in [3.63, 3.8) is 0 Å². The number of hydrogen-bond acceptors (Lipinski definition) is 5. The second-order valence-corrected chi connectivity index (χ2v) is 5.69. The monoisotopic (exact) mass is 349 g/mol. The van der Waals surface area contributed by atoms with Gasteiger partial charge in [-0.05, 0) is 50.4 Å². The first-order valence-electron chi connectivity index (χ1n) is 7.51. The minimum absolute atomic E-state index is 0.169. The highest BCUT2D eigenvalue weighted by Gasteiger charge is 2.19. The van der Waals surface area contributed by atoms with E-state index in [2.05, 4.69) is 10.3 Å². The number of carbonyl (C=O) groups excluding carboxylic acids is 1. The smallest absolute Gasteiger partial charge is 0.241 e. The Morgan fingerprint density at radius 2 is 2.08 bits per heavy atom. The highest BCUT2D eigenvalue weighted by Crippen LogP contribution is 2.18.